The minimum atomic E-state index is 0. The Hall–Kier alpha value is -0.120. The number of aliphatic hydroxyl groups is 2. The molecule has 64 valence electrons. The van der Waals surface area contributed by atoms with Crippen LogP contribution in [0.4, 0.5) is 0 Å². The molecule has 0 radical (unpaired) electrons. The number of hydrogen-bond donors (Lipinski definition) is 3. The van der Waals surface area contributed by atoms with Crippen LogP contribution >= 0.6 is 0 Å². The van der Waals surface area contributed by atoms with Gasteiger partial charge in [-0.2, -0.15) is 0 Å². The van der Waals surface area contributed by atoms with Gasteiger partial charge in [0.05, 0.1) is 0 Å². The Kier molecular flexibility index (Phi) is 11.1. The van der Waals surface area contributed by atoms with Gasteiger partial charge in [0.15, 0.2) is 0 Å². The van der Waals surface area contributed by atoms with Crippen molar-refractivity contribution in [3.05, 3.63) is 0 Å². The highest BCUT2D eigenvalue weighted by Gasteiger charge is 1.98. The summed E-state index contributed by atoms with van der Waals surface area (Å²) < 4.78 is 0. The van der Waals surface area contributed by atoms with Crippen LogP contribution in [0.2, 0.25) is 0 Å². The fourth-order valence-electron chi connectivity index (χ4n) is 0.804. The fourth-order valence-corrected chi connectivity index (χ4v) is 0.804. The van der Waals surface area contributed by atoms with Gasteiger partial charge in [-0.15, -0.1) is 0 Å². The highest BCUT2D eigenvalue weighted by Crippen LogP contribution is 2.07. The van der Waals surface area contributed by atoms with Crippen LogP contribution in [0.1, 0.15) is 26.2 Å². The zero-order valence-electron chi connectivity index (χ0n) is 6.71. The van der Waals surface area contributed by atoms with E-state index in [9.17, 15) is 0 Å². The molecule has 1 atom stereocenters. The van der Waals surface area contributed by atoms with Crippen LogP contribution < -0.4 is 6.15 Å². The van der Waals surface area contributed by atoms with Crippen molar-refractivity contribution in [2.45, 2.75) is 26.2 Å². The van der Waals surface area contributed by atoms with Gasteiger partial charge < -0.3 is 16.4 Å². The van der Waals surface area contributed by atoms with Crippen LogP contribution in [0.3, 0.4) is 0 Å². The van der Waals surface area contributed by atoms with Crippen molar-refractivity contribution >= 4 is 0 Å². The first-order valence-electron chi connectivity index (χ1n) is 3.53. The highest BCUT2D eigenvalue weighted by molar-refractivity contribution is 4.50. The average Bonchev–Trinajstić information content (AvgIpc) is 1.85. The zero-order chi connectivity index (χ0) is 7.11. The highest BCUT2D eigenvalue weighted by atomic mass is 16.3. The minimum absolute atomic E-state index is 0. The summed E-state index contributed by atoms with van der Waals surface area (Å²) in [6.07, 6.45) is 2.75. The molecule has 1 unspecified atom stereocenters. The van der Waals surface area contributed by atoms with Crippen molar-refractivity contribution in [3.63, 3.8) is 0 Å². The number of aliphatic hydroxyl groups excluding tert-OH is 2. The maximum atomic E-state index is 8.47. The van der Waals surface area contributed by atoms with Crippen LogP contribution in [0, 0.1) is 5.92 Å². The van der Waals surface area contributed by atoms with E-state index in [-0.39, 0.29) is 19.4 Å². The molecule has 0 aromatic heterocycles. The van der Waals surface area contributed by atoms with Crippen LogP contribution in [0.5, 0.6) is 0 Å². The summed E-state index contributed by atoms with van der Waals surface area (Å²) in [5.41, 5.74) is 0. The standard InChI is InChI=1S/C7H16O2.H3N/c1-7(4-6-9)3-2-5-8;/h7-9H,2-6H2,1H3;1H3. The number of rotatable bonds is 5. The Labute approximate surface area is 62.7 Å². The molecule has 0 amide bonds. The van der Waals surface area contributed by atoms with Crippen molar-refractivity contribution in [3.8, 4) is 0 Å². The van der Waals surface area contributed by atoms with E-state index in [0.717, 1.165) is 19.3 Å². The first-order chi connectivity index (χ1) is 4.31. The Morgan fingerprint density at radius 2 is 1.70 bits per heavy atom. The van der Waals surface area contributed by atoms with Crippen molar-refractivity contribution in [2.75, 3.05) is 13.2 Å². The van der Waals surface area contributed by atoms with E-state index >= 15 is 0 Å². The fraction of sp³-hybridized carbons (Fsp3) is 1.00. The van der Waals surface area contributed by atoms with Crippen molar-refractivity contribution in [1.29, 1.82) is 0 Å². The lowest BCUT2D eigenvalue weighted by Gasteiger charge is -2.06. The van der Waals surface area contributed by atoms with Gasteiger partial charge in [0.2, 0.25) is 0 Å². The van der Waals surface area contributed by atoms with Gasteiger partial charge in [-0.25, -0.2) is 0 Å². The third kappa shape index (κ3) is 7.88. The Morgan fingerprint density at radius 1 is 1.10 bits per heavy atom. The smallest absolute Gasteiger partial charge is 0.0433 e. The summed E-state index contributed by atoms with van der Waals surface area (Å²) in [7, 11) is 0. The summed E-state index contributed by atoms with van der Waals surface area (Å²) in [6.45, 7) is 2.63. The summed E-state index contributed by atoms with van der Waals surface area (Å²) in [6, 6.07) is 0. The minimum Gasteiger partial charge on any atom is -0.396 e. The lowest BCUT2D eigenvalue weighted by Crippen LogP contribution is -1.98. The number of hydrogen-bond acceptors (Lipinski definition) is 3. The molecule has 0 spiro atoms. The molecule has 0 rings (SSSR count). The molecule has 0 aromatic rings. The third-order valence-corrected chi connectivity index (χ3v) is 1.48. The maximum absolute atomic E-state index is 8.47. The first-order valence-corrected chi connectivity index (χ1v) is 3.53. The van der Waals surface area contributed by atoms with Crippen LogP contribution in [0.15, 0.2) is 0 Å². The Balaban J connectivity index is 0. The summed E-state index contributed by atoms with van der Waals surface area (Å²) >= 11 is 0. The molecule has 0 heterocycles. The predicted molar refractivity (Wildman–Crippen MR) is 42.2 cm³/mol. The molecule has 0 aliphatic rings. The van der Waals surface area contributed by atoms with Crippen LogP contribution in [-0.4, -0.2) is 23.4 Å². The van der Waals surface area contributed by atoms with Gasteiger partial charge in [-0.1, -0.05) is 6.92 Å². The monoisotopic (exact) mass is 149 g/mol. The third-order valence-electron chi connectivity index (χ3n) is 1.48. The van der Waals surface area contributed by atoms with Gasteiger partial charge >= 0.3 is 0 Å². The van der Waals surface area contributed by atoms with Gasteiger partial charge in [0.1, 0.15) is 0 Å². The zero-order valence-corrected chi connectivity index (χ0v) is 6.71. The van der Waals surface area contributed by atoms with Crippen LogP contribution in [0.25, 0.3) is 0 Å². The van der Waals surface area contributed by atoms with E-state index < -0.39 is 0 Å². The second kappa shape index (κ2) is 8.88. The van der Waals surface area contributed by atoms with E-state index in [2.05, 4.69) is 6.92 Å². The summed E-state index contributed by atoms with van der Waals surface area (Å²) in [5, 5.41) is 16.9. The second-order valence-corrected chi connectivity index (χ2v) is 2.48. The van der Waals surface area contributed by atoms with E-state index in [0.29, 0.717) is 5.92 Å². The summed E-state index contributed by atoms with van der Waals surface area (Å²) in [4.78, 5) is 0. The lowest BCUT2D eigenvalue weighted by molar-refractivity contribution is 0.239. The maximum Gasteiger partial charge on any atom is 0.0433 e. The summed E-state index contributed by atoms with van der Waals surface area (Å²) in [5.74, 6) is 0.558. The molecule has 5 N–H and O–H groups in total. The molecule has 0 aliphatic heterocycles. The molecule has 0 bridgehead atoms. The van der Waals surface area contributed by atoms with Gasteiger partial charge in [0, 0.05) is 13.2 Å². The average molecular weight is 149 g/mol. The molecule has 10 heavy (non-hydrogen) atoms. The van der Waals surface area contributed by atoms with E-state index in [4.69, 9.17) is 10.2 Å². The molecule has 3 heteroatoms. The van der Waals surface area contributed by atoms with Gasteiger partial charge in [-0.3, -0.25) is 0 Å². The van der Waals surface area contributed by atoms with Gasteiger partial charge in [0.25, 0.3) is 0 Å². The molecular weight excluding hydrogens is 130 g/mol. The molecule has 3 nitrogen and oxygen atoms in total. The lowest BCUT2D eigenvalue weighted by atomic mass is 10.0. The molecule has 0 fully saturated rings. The molecule has 0 aliphatic carbocycles. The molecule has 0 saturated carbocycles. The van der Waals surface area contributed by atoms with Crippen molar-refractivity contribution in [2.24, 2.45) is 5.92 Å². The normalized spacial score (nSPS) is 12.3. The van der Waals surface area contributed by atoms with Crippen molar-refractivity contribution in [1.82, 2.24) is 6.15 Å². The topological polar surface area (TPSA) is 75.5 Å². The SMILES string of the molecule is CC(CCO)CCCO.N. The van der Waals surface area contributed by atoms with E-state index in [1.165, 1.54) is 0 Å². The molecule has 0 saturated heterocycles. The van der Waals surface area contributed by atoms with E-state index in [1.807, 2.05) is 0 Å². The molecule has 0 aromatic carbocycles. The largest absolute Gasteiger partial charge is 0.396 e. The second-order valence-electron chi connectivity index (χ2n) is 2.48. The molecular formula is C7H19NO2. The predicted octanol–water partition coefficient (Wildman–Crippen LogP) is 0.939. The Morgan fingerprint density at radius 3 is 2.10 bits per heavy atom. The Bertz CT molecular complexity index is 59.6. The first kappa shape index (κ1) is 12.5. The van der Waals surface area contributed by atoms with Crippen LogP contribution in [-0.2, 0) is 0 Å². The van der Waals surface area contributed by atoms with E-state index in [1.54, 1.807) is 0 Å². The van der Waals surface area contributed by atoms with Crippen molar-refractivity contribution < 1.29 is 10.2 Å². The quantitative estimate of drug-likeness (QED) is 0.544. The van der Waals surface area contributed by atoms with Gasteiger partial charge in [-0.05, 0) is 25.2 Å².